The van der Waals surface area contributed by atoms with Crippen molar-refractivity contribution in [2.24, 2.45) is 5.92 Å². The molecular weight excluding hydrogens is 424 g/mol. The number of nitrogens with zero attached hydrogens (tertiary/aromatic N) is 2. The Hall–Kier alpha value is -3.55. The predicted molar refractivity (Wildman–Crippen MR) is 122 cm³/mol. The largest absolute Gasteiger partial charge is 0.493 e. The number of carbonyl (C=O) groups is 3. The lowest BCUT2D eigenvalue weighted by atomic mass is 10.1. The van der Waals surface area contributed by atoms with E-state index in [-0.39, 0.29) is 24.8 Å². The standard InChI is InChI=1S/C25H30N2O6/c1-26(15-19-7-5-4-6-8-19)24(29)17-33-25(30)20-14-23(28)27(16-20)12-11-18-9-10-21(31-2)22(13-18)32-3/h4-10,13,20H,11-12,14-17H2,1-3H3. The van der Waals surface area contributed by atoms with E-state index < -0.39 is 11.9 Å². The number of amides is 2. The van der Waals surface area contributed by atoms with Crippen molar-refractivity contribution in [1.82, 2.24) is 9.80 Å². The van der Waals surface area contributed by atoms with Gasteiger partial charge in [-0.25, -0.2) is 0 Å². The average molecular weight is 455 g/mol. The summed E-state index contributed by atoms with van der Waals surface area (Å²) in [7, 11) is 4.82. The van der Waals surface area contributed by atoms with E-state index in [1.807, 2.05) is 48.5 Å². The van der Waals surface area contributed by atoms with Gasteiger partial charge in [-0.1, -0.05) is 36.4 Å². The van der Waals surface area contributed by atoms with Crippen LogP contribution in [0.3, 0.4) is 0 Å². The van der Waals surface area contributed by atoms with Crippen LogP contribution in [0.25, 0.3) is 0 Å². The van der Waals surface area contributed by atoms with Crippen LogP contribution in [-0.2, 0) is 32.1 Å². The molecule has 1 atom stereocenters. The highest BCUT2D eigenvalue weighted by Crippen LogP contribution is 2.28. The molecule has 0 saturated carbocycles. The van der Waals surface area contributed by atoms with Gasteiger partial charge >= 0.3 is 5.97 Å². The van der Waals surface area contributed by atoms with Gasteiger partial charge in [-0.2, -0.15) is 0 Å². The fourth-order valence-corrected chi connectivity index (χ4v) is 3.75. The highest BCUT2D eigenvalue weighted by Gasteiger charge is 2.35. The third kappa shape index (κ3) is 6.47. The SMILES string of the molecule is COc1ccc(CCN2CC(C(=O)OCC(=O)N(C)Cc3ccccc3)CC2=O)cc1OC. The van der Waals surface area contributed by atoms with E-state index >= 15 is 0 Å². The number of hydrogen-bond donors (Lipinski definition) is 0. The first-order valence-electron chi connectivity index (χ1n) is 10.8. The zero-order chi connectivity index (χ0) is 23.8. The molecule has 1 saturated heterocycles. The molecule has 1 aliphatic heterocycles. The van der Waals surface area contributed by atoms with Gasteiger partial charge in [-0.3, -0.25) is 14.4 Å². The van der Waals surface area contributed by atoms with Crippen LogP contribution < -0.4 is 9.47 Å². The molecule has 1 fully saturated rings. The summed E-state index contributed by atoms with van der Waals surface area (Å²) < 4.78 is 15.8. The molecule has 0 bridgehead atoms. The first-order valence-corrected chi connectivity index (χ1v) is 10.8. The van der Waals surface area contributed by atoms with Gasteiger partial charge in [0.05, 0.1) is 20.1 Å². The molecule has 0 N–H and O–H groups in total. The number of carbonyl (C=O) groups excluding carboxylic acids is 3. The molecular formula is C25H30N2O6. The summed E-state index contributed by atoms with van der Waals surface area (Å²) in [6, 6.07) is 15.2. The summed E-state index contributed by atoms with van der Waals surface area (Å²) in [5, 5.41) is 0. The van der Waals surface area contributed by atoms with Gasteiger partial charge in [0.2, 0.25) is 5.91 Å². The summed E-state index contributed by atoms with van der Waals surface area (Å²) in [5.74, 6) is -0.184. The number of benzene rings is 2. The molecule has 0 spiro atoms. The smallest absolute Gasteiger partial charge is 0.311 e. The summed E-state index contributed by atoms with van der Waals surface area (Å²) >= 11 is 0. The van der Waals surface area contributed by atoms with Crippen LogP contribution in [0.2, 0.25) is 0 Å². The zero-order valence-corrected chi connectivity index (χ0v) is 19.3. The fraction of sp³-hybridized carbons (Fsp3) is 0.400. The molecule has 3 rings (SSSR count). The molecule has 1 unspecified atom stereocenters. The minimum atomic E-state index is -0.560. The van der Waals surface area contributed by atoms with Gasteiger partial charge in [0, 0.05) is 33.1 Å². The monoisotopic (exact) mass is 454 g/mol. The quantitative estimate of drug-likeness (QED) is 0.512. The highest BCUT2D eigenvalue weighted by molar-refractivity contribution is 5.88. The Morgan fingerprint density at radius 3 is 2.45 bits per heavy atom. The van der Waals surface area contributed by atoms with Gasteiger partial charge < -0.3 is 24.0 Å². The average Bonchev–Trinajstić information content (AvgIpc) is 3.21. The van der Waals surface area contributed by atoms with Crippen LogP contribution in [0.5, 0.6) is 11.5 Å². The van der Waals surface area contributed by atoms with Crippen molar-refractivity contribution in [2.75, 3.05) is 41.0 Å². The number of rotatable bonds is 10. The molecule has 8 nitrogen and oxygen atoms in total. The third-order valence-electron chi connectivity index (χ3n) is 5.69. The first-order chi connectivity index (χ1) is 15.9. The van der Waals surface area contributed by atoms with Crippen molar-refractivity contribution in [3.63, 3.8) is 0 Å². The van der Waals surface area contributed by atoms with Crippen LogP contribution in [0, 0.1) is 5.92 Å². The van der Waals surface area contributed by atoms with Crippen molar-refractivity contribution in [3.05, 3.63) is 59.7 Å². The van der Waals surface area contributed by atoms with Gasteiger partial charge in [0.1, 0.15) is 0 Å². The second-order valence-corrected chi connectivity index (χ2v) is 8.02. The number of likely N-dealkylation sites (tertiary alicyclic amines) is 1. The van der Waals surface area contributed by atoms with E-state index in [2.05, 4.69) is 0 Å². The number of likely N-dealkylation sites (N-methyl/N-ethyl adjacent to an activating group) is 1. The Kier molecular flexibility index (Phi) is 8.29. The second-order valence-electron chi connectivity index (χ2n) is 8.02. The maximum Gasteiger partial charge on any atom is 0.311 e. The predicted octanol–water partition coefficient (Wildman–Crippen LogP) is 2.30. The number of ether oxygens (including phenoxy) is 3. The topological polar surface area (TPSA) is 85.4 Å². The Balaban J connectivity index is 1.45. The van der Waals surface area contributed by atoms with Crippen molar-refractivity contribution >= 4 is 17.8 Å². The van der Waals surface area contributed by atoms with E-state index in [0.29, 0.717) is 37.6 Å². The number of methoxy groups -OCH3 is 2. The Bertz CT molecular complexity index is 978. The zero-order valence-electron chi connectivity index (χ0n) is 19.3. The molecule has 1 aliphatic rings. The van der Waals surface area contributed by atoms with Crippen molar-refractivity contribution < 1.29 is 28.6 Å². The normalized spacial score (nSPS) is 15.3. The molecule has 0 aliphatic carbocycles. The van der Waals surface area contributed by atoms with E-state index in [4.69, 9.17) is 14.2 Å². The van der Waals surface area contributed by atoms with E-state index in [1.54, 1.807) is 26.2 Å². The molecule has 176 valence electrons. The molecule has 0 radical (unpaired) electrons. The molecule has 0 aromatic heterocycles. The third-order valence-corrected chi connectivity index (χ3v) is 5.69. The van der Waals surface area contributed by atoms with Gasteiger partial charge in [-0.05, 0) is 29.7 Å². The Morgan fingerprint density at radius 1 is 1.03 bits per heavy atom. The van der Waals surface area contributed by atoms with Gasteiger partial charge in [-0.15, -0.1) is 0 Å². The summed E-state index contributed by atoms with van der Waals surface area (Å²) in [4.78, 5) is 40.3. The molecule has 1 heterocycles. The fourth-order valence-electron chi connectivity index (χ4n) is 3.75. The molecule has 8 heteroatoms. The van der Waals surface area contributed by atoms with Crippen LogP contribution in [-0.4, -0.2) is 68.5 Å². The molecule has 2 aromatic carbocycles. The summed E-state index contributed by atoms with van der Waals surface area (Å²) in [6.45, 7) is 0.872. The second kappa shape index (κ2) is 11.4. The van der Waals surface area contributed by atoms with E-state index in [0.717, 1.165) is 11.1 Å². The van der Waals surface area contributed by atoms with Crippen LogP contribution >= 0.6 is 0 Å². The van der Waals surface area contributed by atoms with E-state index in [9.17, 15) is 14.4 Å². The van der Waals surface area contributed by atoms with Crippen LogP contribution in [0.4, 0.5) is 0 Å². The van der Waals surface area contributed by atoms with Crippen molar-refractivity contribution in [1.29, 1.82) is 0 Å². The minimum absolute atomic E-state index is 0.0926. The first kappa shape index (κ1) is 24.1. The number of esters is 1. The van der Waals surface area contributed by atoms with Gasteiger partial charge in [0.25, 0.3) is 5.91 Å². The molecule has 2 amide bonds. The highest BCUT2D eigenvalue weighted by atomic mass is 16.5. The molecule has 2 aromatic rings. The molecule has 33 heavy (non-hydrogen) atoms. The van der Waals surface area contributed by atoms with E-state index in [1.165, 1.54) is 4.90 Å². The van der Waals surface area contributed by atoms with Crippen molar-refractivity contribution in [3.8, 4) is 11.5 Å². The lowest BCUT2D eigenvalue weighted by Crippen LogP contribution is -2.33. The lowest BCUT2D eigenvalue weighted by Gasteiger charge is -2.18. The minimum Gasteiger partial charge on any atom is -0.493 e. The summed E-state index contributed by atoms with van der Waals surface area (Å²) in [5.41, 5.74) is 1.99. The van der Waals surface area contributed by atoms with Crippen LogP contribution in [0.1, 0.15) is 17.5 Å². The lowest BCUT2D eigenvalue weighted by molar-refractivity contribution is -0.155. The maximum absolute atomic E-state index is 12.4. The van der Waals surface area contributed by atoms with Crippen LogP contribution in [0.15, 0.2) is 48.5 Å². The van der Waals surface area contributed by atoms with Crippen molar-refractivity contribution in [2.45, 2.75) is 19.4 Å². The van der Waals surface area contributed by atoms with Gasteiger partial charge in [0.15, 0.2) is 18.1 Å². The maximum atomic E-state index is 12.4. The summed E-state index contributed by atoms with van der Waals surface area (Å²) in [6.07, 6.45) is 0.718. The Morgan fingerprint density at radius 2 is 1.76 bits per heavy atom. The number of hydrogen-bond acceptors (Lipinski definition) is 6. The Labute approximate surface area is 194 Å².